The van der Waals surface area contributed by atoms with Crippen LogP contribution in [0, 0.1) is 0 Å². The maximum absolute atomic E-state index is 6.39. The Kier molecular flexibility index (Phi) is 6.01. The van der Waals surface area contributed by atoms with Crippen LogP contribution in [-0.2, 0) is 24.1 Å². The summed E-state index contributed by atoms with van der Waals surface area (Å²) in [5.41, 5.74) is 8.48. The molecule has 2 unspecified atom stereocenters. The molecule has 0 fully saturated rings. The normalized spacial score (nSPS) is 16.3. The van der Waals surface area contributed by atoms with E-state index in [1.54, 1.807) is 0 Å². The van der Waals surface area contributed by atoms with Crippen LogP contribution < -0.4 is 5.73 Å². The van der Waals surface area contributed by atoms with Gasteiger partial charge in [-0.25, -0.2) is 0 Å². The van der Waals surface area contributed by atoms with Gasteiger partial charge in [0.15, 0.2) is 0 Å². The van der Waals surface area contributed by atoms with Crippen molar-refractivity contribution in [3.63, 3.8) is 0 Å². The molecule has 0 amide bonds. The summed E-state index contributed by atoms with van der Waals surface area (Å²) in [6.45, 7) is 12.1. The number of rotatable bonds is 8. The van der Waals surface area contributed by atoms with E-state index in [1.807, 2.05) is 6.92 Å². The third-order valence-electron chi connectivity index (χ3n) is 3.97. The minimum Gasteiger partial charge on any atom is -0.374 e. The molecule has 1 aromatic heterocycles. The second kappa shape index (κ2) is 7.06. The van der Waals surface area contributed by atoms with Crippen LogP contribution >= 0.6 is 0 Å². The Morgan fingerprint density at radius 2 is 2.05 bits per heavy atom. The van der Waals surface area contributed by atoms with Gasteiger partial charge in [0.25, 0.3) is 0 Å². The molecule has 2 atom stereocenters. The van der Waals surface area contributed by atoms with E-state index in [4.69, 9.17) is 10.5 Å². The molecular formula is C15H29N3O. The standard InChI is InChI=1S/C15H29N3O/c1-6-12-10-13(18(8-3)17-12)11-14(16)15(5,7-2)19-9-4/h10,14H,6-9,11,16H2,1-5H3. The SMILES string of the molecule is CCOC(C)(CC)C(N)Cc1cc(CC)nn1CC. The highest BCUT2D eigenvalue weighted by Crippen LogP contribution is 2.22. The molecule has 0 saturated heterocycles. The van der Waals surface area contributed by atoms with Gasteiger partial charge in [-0.1, -0.05) is 13.8 Å². The Bertz CT molecular complexity index is 389. The van der Waals surface area contributed by atoms with Crippen LogP contribution in [0.4, 0.5) is 0 Å². The predicted molar refractivity (Wildman–Crippen MR) is 79.3 cm³/mol. The van der Waals surface area contributed by atoms with Crippen molar-refractivity contribution in [2.75, 3.05) is 6.61 Å². The van der Waals surface area contributed by atoms with Crippen molar-refractivity contribution in [1.29, 1.82) is 0 Å². The fourth-order valence-corrected chi connectivity index (χ4v) is 2.37. The highest BCUT2D eigenvalue weighted by Gasteiger charge is 2.31. The smallest absolute Gasteiger partial charge is 0.0805 e. The number of aryl methyl sites for hydroxylation is 2. The molecule has 0 spiro atoms. The van der Waals surface area contributed by atoms with Gasteiger partial charge < -0.3 is 10.5 Å². The Hall–Kier alpha value is -0.870. The first-order chi connectivity index (χ1) is 9.00. The van der Waals surface area contributed by atoms with Crippen LogP contribution in [0.25, 0.3) is 0 Å². The van der Waals surface area contributed by atoms with E-state index >= 15 is 0 Å². The molecule has 110 valence electrons. The zero-order chi connectivity index (χ0) is 14.5. The van der Waals surface area contributed by atoms with Crippen molar-refractivity contribution < 1.29 is 4.74 Å². The van der Waals surface area contributed by atoms with Crippen LogP contribution in [0.2, 0.25) is 0 Å². The first-order valence-corrected chi connectivity index (χ1v) is 7.45. The molecule has 0 aliphatic rings. The Morgan fingerprint density at radius 3 is 2.53 bits per heavy atom. The molecule has 1 rings (SSSR count). The third kappa shape index (κ3) is 3.80. The quantitative estimate of drug-likeness (QED) is 0.787. The Labute approximate surface area is 117 Å². The summed E-state index contributed by atoms with van der Waals surface area (Å²) in [7, 11) is 0. The molecule has 0 radical (unpaired) electrons. The maximum Gasteiger partial charge on any atom is 0.0805 e. The lowest BCUT2D eigenvalue weighted by molar-refractivity contribution is -0.0464. The number of hydrogen-bond acceptors (Lipinski definition) is 3. The first-order valence-electron chi connectivity index (χ1n) is 7.45. The van der Waals surface area contributed by atoms with Gasteiger partial charge in [0, 0.05) is 31.3 Å². The molecule has 1 aromatic rings. The highest BCUT2D eigenvalue weighted by atomic mass is 16.5. The fourth-order valence-electron chi connectivity index (χ4n) is 2.37. The lowest BCUT2D eigenvalue weighted by atomic mass is 9.90. The van der Waals surface area contributed by atoms with Crippen LogP contribution in [0.15, 0.2) is 6.07 Å². The van der Waals surface area contributed by atoms with Gasteiger partial charge in [-0.2, -0.15) is 5.10 Å². The van der Waals surface area contributed by atoms with E-state index in [-0.39, 0.29) is 11.6 Å². The molecule has 0 saturated carbocycles. The van der Waals surface area contributed by atoms with E-state index in [0.717, 1.165) is 31.5 Å². The van der Waals surface area contributed by atoms with Crippen molar-refractivity contribution >= 4 is 0 Å². The van der Waals surface area contributed by atoms with Crippen molar-refractivity contribution in [3.8, 4) is 0 Å². The molecular weight excluding hydrogens is 238 g/mol. The van der Waals surface area contributed by atoms with Crippen molar-refractivity contribution in [3.05, 3.63) is 17.5 Å². The summed E-state index contributed by atoms with van der Waals surface area (Å²) in [5, 5.41) is 4.57. The summed E-state index contributed by atoms with van der Waals surface area (Å²) in [6.07, 6.45) is 2.69. The second-order valence-corrected chi connectivity index (χ2v) is 5.21. The minimum atomic E-state index is -0.260. The monoisotopic (exact) mass is 267 g/mol. The van der Waals surface area contributed by atoms with Crippen molar-refractivity contribution in [1.82, 2.24) is 9.78 Å². The summed E-state index contributed by atoms with van der Waals surface area (Å²) in [4.78, 5) is 0. The van der Waals surface area contributed by atoms with E-state index < -0.39 is 0 Å². The molecule has 2 N–H and O–H groups in total. The summed E-state index contributed by atoms with van der Waals surface area (Å²) >= 11 is 0. The Balaban J connectivity index is 2.85. The van der Waals surface area contributed by atoms with Crippen LogP contribution in [-0.4, -0.2) is 28.0 Å². The summed E-state index contributed by atoms with van der Waals surface area (Å²) < 4.78 is 7.92. The Morgan fingerprint density at radius 1 is 1.37 bits per heavy atom. The number of nitrogens with two attached hydrogens (primary N) is 1. The van der Waals surface area contributed by atoms with Crippen molar-refractivity contribution in [2.45, 2.75) is 72.1 Å². The zero-order valence-electron chi connectivity index (χ0n) is 13.1. The van der Waals surface area contributed by atoms with Gasteiger partial charge in [-0.05, 0) is 39.7 Å². The molecule has 4 heteroatoms. The largest absolute Gasteiger partial charge is 0.374 e. The molecule has 19 heavy (non-hydrogen) atoms. The van der Waals surface area contributed by atoms with Crippen LogP contribution in [0.5, 0.6) is 0 Å². The topological polar surface area (TPSA) is 53.1 Å². The molecule has 0 aliphatic heterocycles. The average Bonchev–Trinajstić information content (AvgIpc) is 2.81. The fraction of sp³-hybridized carbons (Fsp3) is 0.800. The summed E-state index contributed by atoms with van der Waals surface area (Å²) in [5.74, 6) is 0. The molecule has 1 heterocycles. The van der Waals surface area contributed by atoms with Crippen LogP contribution in [0.1, 0.15) is 52.4 Å². The molecule has 0 aromatic carbocycles. The molecule has 0 bridgehead atoms. The van der Waals surface area contributed by atoms with E-state index in [1.165, 1.54) is 5.69 Å². The highest BCUT2D eigenvalue weighted by molar-refractivity contribution is 5.13. The van der Waals surface area contributed by atoms with E-state index in [0.29, 0.717) is 6.61 Å². The van der Waals surface area contributed by atoms with E-state index in [9.17, 15) is 0 Å². The van der Waals surface area contributed by atoms with Crippen LogP contribution in [0.3, 0.4) is 0 Å². The second-order valence-electron chi connectivity index (χ2n) is 5.21. The average molecular weight is 267 g/mol. The van der Waals surface area contributed by atoms with Gasteiger partial charge in [0.2, 0.25) is 0 Å². The van der Waals surface area contributed by atoms with Gasteiger partial charge in [0.05, 0.1) is 11.3 Å². The molecule has 0 aliphatic carbocycles. The zero-order valence-corrected chi connectivity index (χ0v) is 13.1. The van der Waals surface area contributed by atoms with Crippen molar-refractivity contribution in [2.24, 2.45) is 5.73 Å². The van der Waals surface area contributed by atoms with Gasteiger partial charge in [-0.3, -0.25) is 4.68 Å². The number of ether oxygens (including phenoxy) is 1. The first kappa shape index (κ1) is 16.2. The molecule has 4 nitrogen and oxygen atoms in total. The predicted octanol–water partition coefficient (Wildman–Crippen LogP) is 2.54. The van der Waals surface area contributed by atoms with Gasteiger partial charge in [0.1, 0.15) is 0 Å². The lowest BCUT2D eigenvalue weighted by Crippen LogP contribution is -2.49. The third-order valence-corrected chi connectivity index (χ3v) is 3.97. The number of nitrogens with zero attached hydrogens (tertiary/aromatic N) is 2. The summed E-state index contributed by atoms with van der Waals surface area (Å²) in [6, 6.07) is 2.16. The lowest BCUT2D eigenvalue weighted by Gasteiger charge is -2.34. The van der Waals surface area contributed by atoms with Gasteiger partial charge in [-0.15, -0.1) is 0 Å². The minimum absolute atomic E-state index is 0.0100. The van der Waals surface area contributed by atoms with E-state index in [2.05, 4.69) is 43.5 Å². The number of aromatic nitrogens is 2. The van der Waals surface area contributed by atoms with Gasteiger partial charge >= 0.3 is 0 Å². The number of hydrogen-bond donors (Lipinski definition) is 1. The maximum atomic E-state index is 6.39.